The van der Waals surface area contributed by atoms with E-state index < -0.39 is 12.0 Å². The zero-order valence-electron chi connectivity index (χ0n) is 14.9. The third-order valence-electron chi connectivity index (χ3n) is 4.51. The largest absolute Gasteiger partial charge is 0.466 e. The van der Waals surface area contributed by atoms with Crippen LogP contribution in [-0.4, -0.2) is 44.1 Å². The molecule has 1 aliphatic heterocycles. The SMILES string of the molecule is CCN(CC)c1ccc([C@H]2NC(=O)N(C)C(C)=C2C(=O)OC)cc1. The van der Waals surface area contributed by atoms with Gasteiger partial charge in [-0.1, -0.05) is 12.1 Å². The number of methoxy groups -OCH3 is 1. The van der Waals surface area contributed by atoms with Gasteiger partial charge in [0.2, 0.25) is 0 Å². The van der Waals surface area contributed by atoms with Crippen LogP contribution in [-0.2, 0) is 9.53 Å². The molecule has 6 heteroatoms. The molecule has 1 heterocycles. The number of rotatable bonds is 5. The minimum absolute atomic E-state index is 0.238. The summed E-state index contributed by atoms with van der Waals surface area (Å²) in [6.07, 6.45) is 0. The maximum absolute atomic E-state index is 12.2. The molecule has 0 radical (unpaired) electrons. The summed E-state index contributed by atoms with van der Waals surface area (Å²) < 4.78 is 4.91. The number of esters is 1. The molecule has 0 aliphatic carbocycles. The maximum Gasteiger partial charge on any atom is 0.337 e. The van der Waals surface area contributed by atoms with E-state index in [1.54, 1.807) is 14.0 Å². The highest BCUT2D eigenvalue weighted by atomic mass is 16.5. The predicted octanol–water partition coefficient (Wildman–Crippen LogP) is 2.68. The molecule has 130 valence electrons. The molecule has 6 nitrogen and oxygen atoms in total. The molecule has 1 aromatic rings. The molecule has 0 fully saturated rings. The van der Waals surface area contributed by atoms with Crippen LogP contribution >= 0.6 is 0 Å². The molecule has 1 atom stereocenters. The van der Waals surface area contributed by atoms with Gasteiger partial charge in [0.1, 0.15) is 0 Å². The van der Waals surface area contributed by atoms with Crippen LogP contribution in [0.1, 0.15) is 32.4 Å². The molecule has 0 saturated heterocycles. The van der Waals surface area contributed by atoms with Crippen molar-refractivity contribution in [3.05, 3.63) is 41.1 Å². The number of hydrogen-bond acceptors (Lipinski definition) is 4. The summed E-state index contributed by atoms with van der Waals surface area (Å²) in [6.45, 7) is 7.81. The number of carbonyl (C=O) groups excluding carboxylic acids is 2. The van der Waals surface area contributed by atoms with Crippen molar-refractivity contribution in [2.24, 2.45) is 0 Å². The van der Waals surface area contributed by atoms with Crippen LogP contribution in [0.5, 0.6) is 0 Å². The Kier molecular flexibility index (Phi) is 5.49. The van der Waals surface area contributed by atoms with Crippen LogP contribution < -0.4 is 10.2 Å². The lowest BCUT2D eigenvalue weighted by atomic mass is 9.95. The van der Waals surface area contributed by atoms with E-state index >= 15 is 0 Å². The summed E-state index contributed by atoms with van der Waals surface area (Å²) in [5.41, 5.74) is 3.02. The number of ether oxygens (including phenoxy) is 1. The van der Waals surface area contributed by atoms with Crippen LogP contribution in [0.25, 0.3) is 0 Å². The number of anilines is 1. The summed E-state index contributed by atoms with van der Waals surface area (Å²) in [7, 11) is 2.98. The van der Waals surface area contributed by atoms with Crippen molar-refractivity contribution in [1.82, 2.24) is 10.2 Å². The lowest BCUT2D eigenvalue weighted by Gasteiger charge is -2.33. The van der Waals surface area contributed by atoms with Gasteiger partial charge in [-0.2, -0.15) is 0 Å². The lowest BCUT2D eigenvalue weighted by molar-refractivity contribution is -0.136. The highest BCUT2D eigenvalue weighted by molar-refractivity contribution is 5.94. The first kappa shape index (κ1) is 17.8. The van der Waals surface area contributed by atoms with Gasteiger partial charge in [-0.3, -0.25) is 0 Å². The molecule has 0 spiro atoms. The Labute approximate surface area is 143 Å². The molecule has 24 heavy (non-hydrogen) atoms. The Morgan fingerprint density at radius 3 is 2.33 bits per heavy atom. The molecule has 1 N–H and O–H groups in total. The van der Waals surface area contributed by atoms with E-state index in [1.807, 2.05) is 24.3 Å². The van der Waals surface area contributed by atoms with Crippen LogP contribution in [0.3, 0.4) is 0 Å². The van der Waals surface area contributed by atoms with Crippen LogP contribution in [0.15, 0.2) is 35.5 Å². The normalized spacial score (nSPS) is 17.6. The third-order valence-corrected chi connectivity index (χ3v) is 4.51. The van der Waals surface area contributed by atoms with Crippen LogP contribution in [0, 0.1) is 0 Å². The minimum Gasteiger partial charge on any atom is -0.466 e. The van der Waals surface area contributed by atoms with Crippen LogP contribution in [0.4, 0.5) is 10.5 Å². The number of amides is 2. The van der Waals surface area contributed by atoms with Gasteiger partial charge in [0.15, 0.2) is 0 Å². The van der Waals surface area contributed by atoms with E-state index in [1.165, 1.54) is 12.0 Å². The average molecular weight is 331 g/mol. The zero-order valence-corrected chi connectivity index (χ0v) is 14.9. The molecular formula is C18H25N3O3. The van der Waals surface area contributed by atoms with Gasteiger partial charge in [0, 0.05) is 31.5 Å². The van der Waals surface area contributed by atoms with E-state index in [0.717, 1.165) is 24.3 Å². The number of allylic oxidation sites excluding steroid dienone is 1. The van der Waals surface area contributed by atoms with E-state index in [2.05, 4.69) is 24.1 Å². The summed E-state index contributed by atoms with van der Waals surface area (Å²) in [5.74, 6) is -0.433. The van der Waals surface area contributed by atoms with Crippen molar-refractivity contribution in [3.8, 4) is 0 Å². The Hall–Kier alpha value is -2.50. The van der Waals surface area contributed by atoms with E-state index in [9.17, 15) is 9.59 Å². The van der Waals surface area contributed by atoms with Crippen molar-refractivity contribution in [1.29, 1.82) is 0 Å². The van der Waals surface area contributed by atoms with E-state index in [4.69, 9.17) is 4.74 Å². The maximum atomic E-state index is 12.2. The molecule has 0 saturated carbocycles. The molecule has 1 aliphatic rings. The second-order valence-electron chi connectivity index (χ2n) is 5.70. The molecule has 1 aromatic carbocycles. The molecule has 2 amide bonds. The number of carbonyl (C=O) groups is 2. The van der Waals surface area contributed by atoms with Gasteiger partial charge in [-0.05, 0) is 38.5 Å². The number of nitrogens with zero attached hydrogens (tertiary/aromatic N) is 2. The average Bonchev–Trinajstić information content (AvgIpc) is 2.60. The third kappa shape index (κ3) is 3.22. The topological polar surface area (TPSA) is 61.9 Å². The van der Waals surface area contributed by atoms with Crippen molar-refractivity contribution in [3.63, 3.8) is 0 Å². The van der Waals surface area contributed by atoms with Gasteiger partial charge in [-0.25, -0.2) is 9.59 Å². The van der Waals surface area contributed by atoms with Crippen LogP contribution in [0.2, 0.25) is 0 Å². The number of benzene rings is 1. The smallest absolute Gasteiger partial charge is 0.337 e. The Balaban J connectivity index is 2.41. The molecule has 2 rings (SSSR count). The fraction of sp³-hybridized carbons (Fsp3) is 0.444. The Bertz CT molecular complexity index is 648. The lowest BCUT2D eigenvalue weighted by Crippen LogP contribution is -2.46. The molecule has 0 bridgehead atoms. The summed E-state index contributed by atoms with van der Waals surface area (Å²) in [6, 6.07) is 7.17. The fourth-order valence-electron chi connectivity index (χ4n) is 2.93. The minimum atomic E-state index is -0.507. The Morgan fingerprint density at radius 1 is 1.25 bits per heavy atom. The number of urea groups is 1. The van der Waals surface area contributed by atoms with Gasteiger partial charge >= 0.3 is 12.0 Å². The highest BCUT2D eigenvalue weighted by Gasteiger charge is 2.34. The molecular weight excluding hydrogens is 306 g/mol. The van der Waals surface area contributed by atoms with Crippen molar-refractivity contribution >= 4 is 17.7 Å². The van der Waals surface area contributed by atoms with Crippen molar-refractivity contribution < 1.29 is 14.3 Å². The first-order valence-corrected chi connectivity index (χ1v) is 8.12. The van der Waals surface area contributed by atoms with Gasteiger partial charge in [0.25, 0.3) is 0 Å². The molecule has 0 unspecified atom stereocenters. The second kappa shape index (κ2) is 7.38. The number of nitrogens with one attached hydrogen (secondary N) is 1. The van der Waals surface area contributed by atoms with Gasteiger partial charge in [-0.15, -0.1) is 0 Å². The molecule has 0 aromatic heterocycles. The summed E-state index contributed by atoms with van der Waals surface area (Å²) in [5, 5.41) is 2.87. The first-order chi connectivity index (χ1) is 11.4. The van der Waals surface area contributed by atoms with E-state index in [-0.39, 0.29) is 6.03 Å². The van der Waals surface area contributed by atoms with E-state index in [0.29, 0.717) is 11.3 Å². The second-order valence-corrected chi connectivity index (χ2v) is 5.70. The number of hydrogen-bond donors (Lipinski definition) is 1. The summed E-state index contributed by atoms with van der Waals surface area (Å²) in [4.78, 5) is 28.0. The monoisotopic (exact) mass is 331 g/mol. The standard InChI is InChI=1S/C18H25N3O3/c1-6-21(7-2)14-10-8-13(9-11-14)16-15(17(22)24-5)12(3)20(4)18(23)19-16/h8-11,16H,6-7H2,1-5H3,(H,19,23)/t16-/m1/s1. The summed E-state index contributed by atoms with van der Waals surface area (Å²) >= 11 is 0. The zero-order chi connectivity index (χ0) is 17.9. The van der Waals surface area contributed by atoms with Crippen molar-refractivity contribution in [2.75, 3.05) is 32.1 Å². The quantitative estimate of drug-likeness (QED) is 0.843. The fourth-order valence-corrected chi connectivity index (χ4v) is 2.93. The van der Waals surface area contributed by atoms with Gasteiger partial charge in [0.05, 0.1) is 18.7 Å². The highest BCUT2D eigenvalue weighted by Crippen LogP contribution is 2.31. The predicted molar refractivity (Wildman–Crippen MR) is 93.8 cm³/mol. The first-order valence-electron chi connectivity index (χ1n) is 8.12. The van der Waals surface area contributed by atoms with Gasteiger partial charge < -0.3 is 19.9 Å². The van der Waals surface area contributed by atoms with Crippen molar-refractivity contribution in [2.45, 2.75) is 26.8 Å². The Morgan fingerprint density at radius 2 is 1.83 bits per heavy atom.